The molecule has 1 saturated heterocycles. The van der Waals surface area contributed by atoms with Gasteiger partial charge in [0.05, 0.1) is 6.10 Å². The zero-order chi connectivity index (χ0) is 15.1. The molecule has 0 spiro atoms. The van der Waals surface area contributed by atoms with Gasteiger partial charge >= 0.3 is 0 Å². The summed E-state index contributed by atoms with van der Waals surface area (Å²) in [6.45, 7) is 3.61. The van der Waals surface area contributed by atoms with Crippen LogP contribution in [-0.4, -0.2) is 31.2 Å². The predicted octanol–water partition coefficient (Wildman–Crippen LogP) is 2.61. The number of hydrogen-bond donors (Lipinski definition) is 2. The summed E-state index contributed by atoms with van der Waals surface area (Å²) < 4.78 is 5.64. The second-order valence-corrected chi connectivity index (χ2v) is 6.83. The average molecular weight is 296 g/mol. The molecule has 0 aromatic heterocycles. The zero-order valence-corrected chi connectivity index (χ0v) is 13.5. The highest BCUT2D eigenvalue weighted by Gasteiger charge is 2.30. The maximum atomic E-state index is 12.1. The van der Waals surface area contributed by atoms with E-state index in [2.05, 4.69) is 12.2 Å². The van der Waals surface area contributed by atoms with Crippen molar-refractivity contribution in [2.75, 3.05) is 13.1 Å². The van der Waals surface area contributed by atoms with Crippen LogP contribution in [0.1, 0.15) is 64.7 Å². The number of hydrogen-bond acceptors (Lipinski definition) is 3. The molecule has 0 aromatic rings. The number of nitrogens with one attached hydrogen (secondary N) is 1. The molecule has 1 aliphatic heterocycles. The lowest BCUT2D eigenvalue weighted by molar-refractivity contribution is -0.132. The van der Waals surface area contributed by atoms with E-state index in [1.165, 1.54) is 44.9 Å². The summed E-state index contributed by atoms with van der Waals surface area (Å²) in [6, 6.07) is 0. The van der Waals surface area contributed by atoms with Crippen molar-refractivity contribution < 1.29 is 9.53 Å². The molecule has 4 heteroatoms. The monoisotopic (exact) mass is 296 g/mol. The fourth-order valence-electron chi connectivity index (χ4n) is 3.65. The van der Waals surface area contributed by atoms with Gasteiger partial charge in [0.1, 0.15) is 6.10 Å². The largest absolute Gasteiger partial charge is 0.364 e. The lowest BCUT2D eigenvalue weighted by atomic mass is 9.80. The topological polar surface area (TPSA) is 64.4 Å². The minimum atomic E-state index is -0.264. The van der Waals surface area contributed by atoms with Gasteiger partial charge in [0.15, 0.2) is 0 Å². The minimum absolute atomic E-state index is 0.0686. The molecule has 1 heterocycles. The van der Waals surface area contributed by atoms with Gasteiger partial charge in [0, 0.05) is 13.1 Å². The molecular formula is C17H32N2O2. The second kappa shape index (κ2) is 8.74. The SMILES string of the molecule is CCCCC1CCC(CNC(=O)[C@@H]2CC[C@H](CN)O2)CC1. The van der Waals surface area contributed by atoms with Crippen molar-refractivity contribution in [2.45, 2.75) is 76.9 Å². The van der Waals surface area contributed by atoms with Crippen molar-refractivity contribution >= 4 is 5.91 Å². The number of rotatable bonds is 7. The lowest BCUT2D eigenvalue weighted by Crippen LogP contribution is -2.38. The van der Waals surface area contributed by atoms with Crippen molar-refractivity contribution in [3.63, 3.8) is 0 Å². The highest BCUT2D eigenvalue weighted by Crippen LogP contribution is 2.31. The summed E-state index contributed by atoms with van der Waals surface area (Å²) in [5.74, 6) is 1.66. The fraction of sp³-hybridized carbons (Fsp3) is 0.941. The van der Waals surface area contributed by atoms with E-state index in [-0.39, 0.29) is 18.1 Å². The molecule has 2 aliphatic rings. The highest BCUT2D eigenvalue weighted by molar-refractivity contribution is 5.81. The Morgan fingerprint density at radius 2 is 1.86 bits per heavy atom. The van der Waals surface area contributed by atoms with Gasteiger partial charge < -0.3 is 15.8 Å². The number of unbranched alkanes of at least 4 members (excludes halogenated alkanes) is 1. The average Bonchev–Trinajstić information content (AvgIpc) is 3.00. The van der Waals surface area contributed by atoms with Crippen LogP contribution in [0.25, 0.3) is 0 Å². The number of nitrogens with two attached hydrogens (primary N) is 1. The molecule has 0 radical (unpaired) electrons. The maximum absolute atomic E-state index is 12.1. The Balaban J connectivity index is 1.60. The molecule has 2 rings (SSSR count). The van der Waals surface area contributed by atoms with E-state index in [1.807, 2.05) is 0 Å². The molecule has 122 valence electrons. The van der Waals surface area contributed by atoms with E-state index >= 15 is 0 Å². The quantitative estimate of drug-likeness (QED) is 0.759. The highest BCUT2D eigenvalue weighted by atomic mass is 16.5. The van der Waals surface area contributed by atoms with E-state index in [4.69, 9.17) is 10.5 Å². The Hall–Kier alpha value is -0.610. The first-order valence-electron chi connectivity index (χ1n) is 8.86. The Morgan fingerprint density at radius 3 is 2.48 bits per heavy atom. The molecule has 0 unspecified atom stereocenters. The first kappa shape index (κ1) is 16.8. The van der Waals surface area contributed by atoms with Crippen LogP contribution in [-0.2, 0) is 9.53 Å². The molecule has 1 saturated carbocycles. The Morgan fingerprint density at radius 1 is 1.14 bits per heavy atom. The van der Waals surface area contributed by atoms with Gasteiger partial charge in [-0.05, 0) is 37.5 Å². The third-order valence-electron chi connectivity index (χ3n) is 5.16. The molecule has 2 fully saturated rings. The van der Waals surface area contributed by atoms with E-state index in [1.54, 1.807) is 0 Å². The molecule has 0 bridgehead atoms. The second-order valence-electron chi connectivity index (χ2n) is 6.83. The third kappa shape index (κ3) is 5.26. The van der Waals surface area contributed by atoms with E-state index in [0.29, 0.717) is 12.5 Å². The van der Waals surface area contributed by atoms with Gasteiger partial charge in [0.25, 0.3) is 0 Å². The predicted molar refractivity (Wildman–Crippen MR) is 84.9 cm³/mol. The molecule has 1 aliphatic carbocycles. The molecule has 2 atom stereocenters. The first-order valence-corrected chi connectivity index (χ1v) is 8.86. The number of amides is 1. The van der Waals surface area contributed by atoms with Crippen LogP contribution < -0.4 is 11.1 Å². The molecule has 0 aromatic carbocycles. The number of ether oxygens (including phenoxy) is 1. The smallest absolute Gasteiger partial charge is 0.249 e. The first-order chi connectivity index (χ1) is 10.2. The van der Waals surface area contributed by atoms with Crippen LogP contribution in [0, 0.1) is 11.8 Å². The number of carbonyl (C=O) groups excluding carboxylic acids is 1. The van der Waals surface area contributed by atoms with Crippen molar-refractivity contribution in [3.05, 3.63) is 0 Å². The summed E-state index contributed by atoms with van der Waals surface area (Å²) in [7, 11) is 0. The molecule has 1 amide bonds. The Bertz CT molecular complexity index is 314. The van der Waals surface area contributed by atoms with Crippen molar-refractivity contribution in [2.24, 2.45) is 17.6 Å². The lowest BCUT2D eigenvalue weighted by Gasteiger charge is -2.28. The van der Waals surface area contributed by atoms with Crippen LogP contribution in [0.3, 0.4) is 0 Å². The molecule has 21 heavy (non-hydrogen) atoms. The van der Waals surface area contributed by atoms with Crippen molar-refractivity contribution in [3.8, 4) is 0 Å². The summed E-state index contributed by atoms with van der Waals surface area (Å²) in [4.78, 5) is 12.1. The van der Waals surface area contributed by atoms with Crippen LogP contribution in [0.4, 0.5) is 0 Å². The Kier molecular flexibility index (Phi) is 6.97. The summed E-state index contributed by atoms with van der Waals surface area (Å²) in [5, 5.41) is 3.09. The standard InChI is InChI=1S/C17H32N2O2/c1-2-3-4-13-5-7-14(8-6-13)12-19-17(20)16-10-9-15(11-18)21-16/h13-16H,2-12,18H2,1H3,(H,19,20)/t13?,14?,15-,16+/m1/s1. The summed E-state index contributed by atoms with van der Waals surface area (Å²) in [6.07, 6.45) is 10.8. The van der Waals surface area contributed by atoms with Crippen molar-refractivity contribution in [1.29, 1.82) is 0 Å². The van der Waals surface area contributed by atoms with Gasteiger partial charge in [-0.3, -0.25) is 4.79 Å². The van der Waals surface area contributed by atoms with Crippen LogP contribution >= 0.6 is 0 Å². The maximum Gasteiger partial charge on any atom is 0.249 e. The fourth-order valence-corrected chi connectivity index (χ4v) is 3.65. The van der Waals surface area contributed by atoms with Gasteiger partial charge in [-0.15, -0.1) is 0 Å². The summed E-state index contributed by atoms with van der Waals surface area (Å²) in [5.41, 5.74) is 5.58. The molecule has 3 N–H and O–H groups in total. The van der Waals surface area contributed by atoms with Gasteiger partial charge in [-0.25, -0.2) is 0 Å². The summed E-state index contributed by atoms with van der Waals surface area (Å²) >= 11 is 0. The van der Waals surface area contributed by atoms with Crippen LogP contribution in [0.5, 0.6) is 0 Å². The zero-order valence-electron chi connectivity index (χ0n) is 13.5. The Labute approximate surface area is 129 Å². The van der Waals surface area contributed by atoms with Crippen molar-refractivity contribution in [1.82, 2.24) is 5.32 Å². The molecule has 4 nitrogen and oxygen atoms in total. The van der Waals surface area contributed by atoms with E-state index < -0.39 is 0 Å². The van der Waals surface area contributed by atoms with Crippen LogP contribution in [0.15, 0.2) is 0 Å². The molecular weight excluding hydrogens is 264 g/mol. The van der Waals surface area contributed by atoms with Gasteiger partial charge in [-0.2, -0.15) is 0 Å². The van der Waals surface area contributed by atoms with Gasteiger partial charge in [-0.1, -0.05) is 39.0 Å². The third-order valence-corrected chi connectivity index (χ3v) is 5.16. The van der Waals surface area contributed by atoms with E-state index in [0.717, 1.165) is 25.3 Å². The van der Waals surface area contributed by atoms with Gasteiger partial charge in [0.2, 0.25) is 5.91 Å². The van der Waals surface area contributed by atoms with E-state index in [9.17, 15) is 4.79 Å². The number of carbonyl (C=O) groups is 1. The minimum Gasteiger partial charge on any atom is -0.364 e. The van der Waals surface area contributed by atoms with Crippen LogP contribution in [0.2, 0.25) is 0 Å². The normalized spacial score (nSPS) is 33.0.